The highest BCUT2D eigenvalue weighted by Crippen LogP contribution is 2.27. The molecule has 0 radical (unpaired) electrons. The monoisotopic (exact) mass is 452 g/mol. The fourth-order valence-corrected chi connectivity index (χ4v) is 3.74. The van der Waals surface area contributed by atoms with Gasteiger partial charge in [-0.1, -0.05) is 46.2 Å². The second-order valence-corrected chi connectivity index (χ2v) is 9.65. The normalized spacial score (nSPS) is 12.3. The average Bonchev–Trinajstić information content (AvgIpc) is 3.22. The molecular weight excluding hydrogens is 420 g/mol. The summed E-state index contributed by atoms with van der Waals surface area (Å²) in [6.07, 6.45) is 1.52. The summed E-state index contributed by atoms with van der Waals surface area (Å²) >= 11 is 1.39. The molecule has 1 unspecified atom stereocenters. The van der Waals surface area contributed by atoms with E-state index in [1.807, 2.05) is 53.9 Å². The van der Waals surface area contributed by atoms with Crippen molar-refractivity contribution < 1.29 is 14.3 Å². The molecular formula is C26H32N2O3S. The topological polar surface area (TPSA) is 60.5 Å². The number of aromatic nitrogens is 1. The second-order valence-electron chi connectivity index (χ2n) is 8.79. The van der Waals surface area contributed by atoms with Crippen LogP contribution in [0.1, 0.15) is 53.0 Å². The maximum atomic E-state index is 12.6. The minimum absolute atomic E-state index is 0.0759. The maximum Gasteiger partial charge on any atom is 0.266 e. The Balaban J connectivity index is 1.55. The Bertz CT molecular complexity index is 1000. The highest BCUT2D eigenvalue weighted by atomic mass is 32.1. The third-order valence-electron chi connectivity index (χ3n) is 5.05. The summed E-state index contributed by atoms with van der Waals surface area (Å²) in [6.45, 7) is 11.1. The van der Waals surface area contributed by atoms with E-state index < -0.39 is 6.10 Å². The number of carbonyl (C=O) groups is 1. The summed E-state index contributed by atoms with van der Waals surface area (Å²) in [5.41, 5.74) is 3.09. The molecule has 0 fully saturated rings. The van der Waals surface area contributed by atoms with Gasteiger partial charge in [0.05, 0.1) is 12.3 Å². The van der Waals surface area contributed by atoms with Crippen LogP contribution in [0.15, 0.2) is 53.9 Å². The summed E-state index contributed by atoms with van der Waals surface area (Å²) in [4.78, 5) is 17.1. The average molecular weight is 453 g/mol. The van der Waals surface area contributed by atoms with Crippen LogP contribution in [0.4, 0.5) is 5.13 Å². The summed E-state index contributed by atoms with van der Waals surface area (Å²) in [5, 5.41) is 5.33. The van der Waals surface area contributed by atoms with Crippen molar-refractivity contribution in [1.82, 2.24) is 4.98 Å². The van der Waals surface area contributed by atoms with Crippen LogP contribution in [0.25, 0.3) is 11.3 Å². The van der Waals surface area contributed by atoms with Gasteiger partial charge in [-0.05, 0) is 60.7 Å². The minimum atomic E-state index is -0.637. The molecule has 0 saturated heterocycles. The number of rotatable bonds is 9. The fraction of sp³-hybridized carbons (Fsp3) is 0.385. The van der Waals surface area contributed by atoms with Crippen LogP contribution in [-0.4, -0.2) is 23.6 Å². The molecule has 0 aliphatic carbocycles. The van der Waals surface area contributed by atoms with Crippen molar-refractivity contribution in [1.29, 1.82) is 0 Å². The van der Waals surface area contributed by atoms with Crippen LogP contribution in [0.2, 0.25) is 0 Å². The predicted molar refractivity (Wildman–Crippen MR) is 132 cm³/mol. The van der Waals surface area contributed by atoms with E-state index in [4.69, 9.17) is 9.47 Å². The lowest BCUT2D eigenvalue weighted by Crippen LogP contribution is -2.30. The molecule has 5 nitrogen and oxygen atoms in total. The summed E-state index contributed by atoms with van der Waals surface area (Å²) < 4.78 is 11.5. The predicted octanol–water partition coefficient (Wildman–Crippen LogP) is 6.69. The first-order valence-electron chi connectivity index (χ1n) is 11.0. The molecule has 1 heterocycles. The Morgan fingerprint density at radius 2 is 1.72 bits per heavy atom. The molecule has 1 amide bonds. The van der Waals surface area contributed by atoms with Crippen molar-refractivity contribution in [3.63, 3.8) is 0 Å². The summed E-state index contributed by atoms with van der Waals surface area (Å²) in [5.74, 6) is 1.29. The number of ether oxygens (including phenoxy) is 2. The molecule has 170 valence electrons. The molecule has 1 atom stereocenters. The van der Waals surface area contributed by atoms with Crippen molar-refractivity contribution in [2.24, 2.45) is 0 Å². The van der Waals surface area contributed by atoms with E-state index in [-0.39, 0.29) is 11.3 Å². The number of nitrogens with zero attached hydrogens (tertiary/aromatic N) is 1. The van der Waals surface area contributed by atoms with Crippen molar-refractivity contribution in [3.05, 3.63) is 59.5 Å². The Morgan fingerprint density at radius 3 is 2.34 bits per heavy atom. The van der Waals surface area contributed by atoms with E-state index >= 15 is 0 Å². The molecule has 0 spiro atoms. The molecule has 1 aromatic heterocycles. The highest BCUT2D eigenvalue weighted by Gasteiger charge is 2.18. The first-order valence-corrected chi connectivity index (χ1v) is 11.9. The van der Waals surface area contributed by atoms with Crippen LogP contribution in [0.3, 0.4) is 0 Å². The standard InChI is InChI=1S/C26H32N2O3S/c1-6-7-16-30-21-12-8-19(9-13-21)23-17-32-25(27-23)28-24(29)18(2)31-22-14-10-20(11-15-22)26(3,4)5/h8-15,17-18H,6-7,16H2,1-5H3,(H,27,28,29). The van der Waals surface area contributed by atoms with Gasteiger partial charge in [0.15, 0.2) is 11.2 Å². The lowest BCUT2D eigenvalue weighted by atomic mass is 9.87. The summed E-state index contributed by atoms with van der Waals surface area (Å²) in [7, 11) is 0. The van der Waals surface area contributed by atoms with Crippen LogP contribution in [0, 0.1) is 0 Å². The van der Waals surface area contributed by atoms with Gasteiger partial charge in [0.1, 0.15) is 11.5 Å². The van der Waals surface area contributed by atoms with Gasteiger partial charge in [0, 0.05) is 10.9 Å². The lowest BCUT2D eigenvalue weighted by Gasteiger charge is -2.20. The van der Waals surface area contributed by atoms with E-state index in [0.717, 1.165) is 36.5 Å². The van der Waals surface area contributed by atoms with Crippen LogP contribution < -0.4 is 14.8 Å². The quantitative estimate of drug-likeness (QED) is 0.367. The van der Waals surface area contributed by atoms with Crippen molar-refractivity contribution in [2.45, 2.75) is 59.0 Å². The lowest BCUT2D eigenvalue weighted by molar-refractivity contribution is -0.122. The van der Waals surface area contributed by atoms with E-state index in [0.29, 0.717) is 10.9 Å². The van der Waals surface area contributed by atoms with Gasteiger partial charge in [-0.2, -0.15) is 0 Å². The second kappa shape index (κ2) is 10.6. The Labute approximate surface area is 194 Å². The fourth-order valence-electron chi connectivity index (χ4n) is 3.02. The molecule has 2 aromatic carbocycles. The maximum absolute atomic E-state index is 12.6. The van der Waals surface area contributed by atoms with Crippen molar-refractivity contribution in [3.8, 4) is 22.8 Å². The van der Waals surface area contributed by atoms with E-state index in [2.05, 4.69) is 38.0 Å². The number of unbranched alkanes of at least 4 members (excludes halogenated alkanes) is 1. The number of thiazole rings is 1. The largest absolute Gasteiger partial charge is 0.494 e. The van der Waals surface area contributed by atoms with Gasteiger partial charge in [-0.3, -0.25) is 10.1 Å². The van der Waals surface area contributed by atoms with Gasteiger partial charge >= 0.3 is 0 Å². The first kappa shape index (κ1) is 23.8. The van der Waals surface area contributed by atoms with Crippen LogP contribution >= 0.6 is 11.3 Å². The van der Waals surface area contributed by atoms with Gasteiger partial charge in [-0.25, -0.2) is 4.98 Å². The Hall–Kier alpha value is -2.86. The third kappa shape index (κ3) is 6.57. The van der Waals surface area contributed by atoms with Gasteiger partial charge in [0.2, 0.25) is 0 Å². The van der Waals surface area contributed by atoms with Gasteiger partial charge < -0.3 is 9.47 Å². The number of anilines is 1. The molecule has 0 bridgehead atoms. The molecule has 1 N–H and O–H groups in total. The van der Waals surface area contributed by atoms with E-state index in [1.54, 1.807) is 6.92 Å². The number of amides is 1. The molecule has 32 heavy (non-hydrogen) atoms. The first-order chi connectivity index (χ1) is 15.3. The van der Waals surface area contributed by atoms with Crippen molar-refractivity contribution in [2.75, 3.05) is 11.9 Å². The van der Waals surface area contributed by atoms with Crippen molar-refractivity contribution >= 4 is 22.4 Å². The Morgan fingerprint density at radius 1 is 1.06 bits per heavy atom. The number of carbonyl (C=O) groups excluding carboxylic acids is 1. The van der Waals surface area contributed by atoms with Gasteiger partial charge in [-0.15, -0.1) is 11.3 Å². The van der Waals surface area contributed by atoms with Gasteiger partial charge in [0.25, 0.3) is 5.91 Å². The molecule has 3 aromatic rings. The smallest absolute Gasteiger partial charge is 0.266 e. The molecule has 0 aliphatic heterocycles. The molecule has 3 rings (SSSR count). The zero-order chi connectivity index (χ0) is 23.1. The number of nitrogens with one attached hydrogen (secondary N) is 1. The summed E-state index contributed by atoms with van der Waals surface area (Å²) in [6, 6.07) is 15.7. The van der Waals surface area contributed by atoms with Crippen LogP contribution in [-0.2, 0) is 10.2 Å². The third-order valence-corrected chi connectivity index (χ3v) is 5.81. The Kier molecular flexibility index (Phi) is 7.91. The number of hydrogen-bond acceptors (Lipinski definition) is 5. The number of benzene rings is 2. The van der Waals surface area contributed by atoms with E-state index in [9.17, 15) is 4.79 Å². The number of hydrogen-bond donors (Lipinski definition) is 1. The minimum Gasteiger partial charge on any atom is -0.494 e. The SMILES string of the molecule is CCCCOc1ccc(-c2csc(NC(=O)C(C)Oc3ccc(C(C)(C)C)cc3)n2)cc1. The van der Waals surface area contributed by atoms with Crippen LogP contribution in [0.5, 0.6) is 11.5 Å². The van der Waals surface area contributed by atoms with E-state index in [1.165, 1.54) is 16.9 Å². The molecule has 0 aliphatic rings. The molecule has 0 saturated carbocycles. The molecule has 6 heteroatoms. The zero-order valence-electron chi connectivity index (χ0n) is 19.5. The zero-order valence-corrected chi connectivity index (χ0v) is 20.3. The highest BCUT2D eigenvalue weighted by molar-refractivity contribution is 7.14.